The number of carbonyl (C=O) groups is 1. The minimum Gasteiger partial charge on any atom is -0.339 e. The molecule has 2 aromatic carbocycles. The van der Waals surface area contributed by atoms with E-state index in [2.05, 4.69) is 20.6 Å². The normalized spacial score (nSPS) is 10.5. The van der Waals surface area contributed by atoms with E-state index >= 15 is 0 Å². The summed E-state index contributed by atoms with van der Waals surface area (Å²) in [4.78, 5) is 20.8. The van der Waals surface area contributed by atoms with Gasteiger partial charge in [0.2, 0.25) is 0 Å². The molecule has 0 saturated heterocycles. The van der Waals surface area contributed by atoms with E-state index in [0.29, 0.717) is 10.8 Å². The molecule has 132 valence electrons. The number of halogens is 1. The maximum Gasteiger partial charge on any atom is 0.275 e. The van der Waals surface area contributed by atoms with Crippen LogP contribution in [-0.4, -0.2) is 15.9 Å². The molecule has 0 aliphatic rings. The zero-order valence-corrected chi connectivity index (χ0v) is 15.6. The van der Waals surface area contributed by atoms with Crippen LogP contribution in [0.2, 0.25) is 5.02 Å². The van der Waals surface area contributed by atoms with Crippen LogP contribution in [0.5, 0.6) is 0 Å². The van der Waals surface area contributed by atoms with Crippen LogP contribution in [0.25, 0.3) is 0 Å². The van der Waals surface area contributed by atoms with Crippen LogP contribution >= 0.6 is 11.6 Å². The van der Waals surface area contributed by atoms with Gasteiger partial charge in [-0.1, -0.05) is 23.7 Å². The summed E-state index contributed by atoms with van der Waals surface area (Å²) < 4.78 is 0. The first kappa shape index (κ1) is 17.9. The van der Waals surface area contributed by atoms with Gasteiger partial charge in [-0.25, -0.2) is 9.97 Å². The van der Waals surface area contributed by atoms with E-state index < -0.39 is 0 Å². The Labute approximate surface area is 157 Å². The van der Waals surface area contributed by atoms with Gasteiger partial charge in [-0.05, 0) is 61.7 Å². The van der Waals surface area contributed by atoms with Gasteiger partial charge in [0.05, 0.1) is 12.4 Å². The maximum absolute atomic E-state index is 12.4. The number of hydrogen-bond acceptors (Lipinski definition) is 4. The molecule has 0 atom stereocenters. The second-order valence-corrected chi connectivity index (χ2v) is 6.56. The first-order chi connectivity index (χ1) is 12.4. The molecule has 0 radical (unpaired) electrons. The van der Waals surface area contributed by atoms with Crippen LogP contribution < -0.4 is 10.6 Å². The summed E-state index contributed by atoms with van der Waals surface area (Å²) in [5.74, 6) is 0.242. The highest BCUT2D eigenvalue weighted by Crippen LogP contribution is 2.25. The molecule has 1 amide bonds. The molecule has 0 aliphatic heterocycles. The molecule has 0 aliphatic carbocycles. The van der Waals surface area contributed by atoms with Crippen LogP contribution in [0, 0.1) is 20.8 Å². The Morgan fingerprint density at radius 3 is 2.38 bits per heavy atom. The van der Waals surface area contributed by atoms with Gasteiger partial charge in [0.25, 0.3) is 5.91 Å². The van der Waals surface area contributed by atoms with E-state index in [1.807, 2.05) is 57.2 Å². The van der Waals surface area contributed by atoms with Gasteiger partial charge in [0.1, 0.15) is 11.5 Å². The van der Waals surface area contributed by atoms with E-state index in [9.17, 15) is 4.79 Å². The standard InChI is InChI=1S/C20H19ClN4O/c1-12-7-13(2)9-15(8-12)24-20(26)18-10-23-19(11-22-18)25-17-6-4-5-16(21)14(17)3/h4-11H,1-3H3,(H,23,25)(H,24,26). The highest BCUT2D eigenvalue weighted by Gasteiger charge is 2.10. The van der Waals surface area contributed by atoms with Crippen molar-refractivity contribution < 1.29 is 4.79 Å². The topological polar surface area (TPSA) is 66.9 Å². The molecule has 26 heavy (non-hydrogen) atoms. The number of aromatic nitrogens is 2. The summed E-state index contributed by atoms with van der Waals surface area (Å²) in [6, 6.07) is 11.5. The van der Waals surface area contributed by atoms with Crippen molar-refractivity contribution in [3.8, 4) is 0 Å². The quantitative estimate of drug-likeness (QED) is 0.678. The van der Waals surface area contributed by atoms with E-state index in [1.54, 1.807) is 0 Å². The lowest BCUT2D eigenvalue weighted by Gasteiger charge is -2.10. The number of nitrogens with zero attached hydrogens (tertiary/aromatic N) is 2. The van der Waals surface area contributed by atoms with Crippen LogP contribution in [0.3, 0.4) is 0 Å². The molecular weight excluding hydrogens is 348 g/mol. The number of nitrogens with one attached hydrogen (secondary N) is 2. The van der Waals surface area contributed by atoms with Crippen molar-refractivity contribution in [1.82, 2.24) is 9.97 Å². The Hall–Kier alpha value is -2.92. The van der Waals surface area contributed by atoms with Crippen molar-refractivity contribution in [1.29, 1.82) is 0 Å². The van der Waals surface area contributed by atoms with Gasteiger partial charge in [0.15, 0.2) is 0 Å². The average Bonchev–Trinajstić information content (AvgIpc) is 2.58. The Balaban J connectivity index is 1.72. The van der Waals surface area contributed by atoms with Gasteiger partial charge >= 0.3 is 0 Å². The second-order valence-electron chi connectivity index (χ2n) is 6.15. The van der Waals surface area contributed by atoms with Crippen molar-refractivity contribution >= 4 is 34.7 Å². The van der Waals surface area contributed by atoms with Gasteiger partial charge in [-0.2, -0.15) is 0 Å². The fourth-order valence-corrected chi connectivity index (χ4v) is 2.81. The Morgan fingerprint density at radius 2 is 1.73 bits per heavy atom. The molecular formula is C20H19ClN4O. The minimum absolute atomic E-state index is 0.248. The van der Waals surface area contributed by atoms with Gasteiger partial charge in [0, 0.05) is 16.4 Å². The summed E-state index contributed by atoms with van der Waals surface area (Å²) in [5, 5.41) is 6.67. The Bertz CT molecular complexity index is 934. The molecule has 0 fully saturated rings. The Kier molecular flexibility index (Phi) is 5.19. The van der Waals surface area contributed by atoms with E-state index in [0.717, 1.165) is 28.1 Å². The summed E-state index contributed by atoms with van der Waals surface area (Å²) in [6.07, 6.45) is 2.97. The summed E-state index contributed by atoms with van der Waals surface area (Å²) >= 11 is 6.12. The molecule has 0 unspecified atom stereocenters. The third-order valence-electron chi connectivity index (χ3n) is 3.89. The average molecular weight is 367 g/mol. The highest BCUT2D eigenvalue weighted by molar-refractivity contribution is 6.31. The van der Waals surface area contributed by atoms with Gasteiger partial charge in [-0.3, -0.25) is 4.79 Å². The van der Waals surface area contributed by atoms with Crippen molar-refractivity contribution in [2.75, 3.05) is 10.6 Å². The third kappa shape index (κ3) is 4.18. The van der Waals surface area contributed by atoms with Gasteiger partial charge < -0.3 is 10.6 Å². The summed E-state index contributed by atoms with van der Waals surface area (Å²) in [7, 11) is 0. The second kappa shape index (κ2) is 7.54. The number of aryl methyl sites for hydroxylation is 2. The van der Waals surface area contributed by atoms with Crippen molar-refractivity contribution in [3.63, 3.8) is 0 Å². The first-order valence-corrected chi connectivity index (χ1v) is 8.54. The fraction of sp³-hybridized carbons (Fsp3) is 0.150. The first-order valence-electron chi connectivity index (χ1n) is 8.16. The SMILES string of the molecule is Cc1cc(C)cc(NC(=O)c2cnc(Nc3cccc(Cl)c3C)cn2)c1. The predicted molar refractivity (Wildman–Crippen MR) is 105 cm³/mol. The number of rotatable bonds is 4. The third-order valence-corrected chi connectivity index (χ3v) is 4.30. The fourth-order valence-electron chi connectivity index (χ4n) is 2.63. The number of amides is 1. The maximum atomic E-state index is 12.4. The molecule has 6 heteroatoms. The minimum atomic E-state index is -0.298. The van der Waals surface area contributed by atoms with Crippen LogP contribution in [0.15, 0.2) is 48.8 Å². The number of anilines is 3. The number of hydrogen-bond donors (Lipinski definition) is 2. The molecule has 2 N–H and O–H groups in total. The highest BCUT2D eigenvalue weighted by atomic mass is 35.5. The van der Waals surface area contributed by atoms with Crippen molar-refractivity contribution in [2.45, 2.75) is 20.8 Å². The molecule has 0 bridgehead atoms. The van der Waals surface area contributed by atoms with Crippen LogP contribution in [0.4, 0.5) is 17.2 Å². The van der Waals surface area contributed by atoms with Gasteiger partial charge in [-0.15, -0.1) is 0 Å². The monoisotopic (exact) mass is 366 g/mol. The lowest BCUT2D eigenvalue weighted by atomic mass is 10.1. The smallest absolute Gasteiger partial charge is 0.275 e. The predicted octanol–water partition coefficient (Wildman–Crippen LogP) is 5.05. The zero-order chi connectivity index (χ0) is 18.7. The Morgan fingerprint density at radius 1 is 1.00 bits per heavy atom. The molecule has 0 spiro atoms. The molecule has 1 aromatic heterocycles. The zero-order valence-electron chi connectivity index (χ0n) is 14.8. The molecule has 0 saturated carbocycles. The number of benzene rings is 2. The van der Waals surface area contributed by atoms with Crippen LogP contribution in [-0.2, 0) is 0 Å². The van der Waals surface area contributed by atoms with Crippen LogP contribution in [0.1, 0.15) is 27.2 Å². The summed E-state index contributed by atoms with van der Waals surface area (Å²) in [6.45, 7) is 5.89. The molecule has 3 rings (SSSR count). The lowest BCUT2D eigenvalue weighted by molar-refractivity contribution is 0.102. The van der Waals surface area contributed by atoms with Crippen molar-refractivity contribution in [2.24, 2.45) is 0 Å². The molecule has 3 aromatic rings. The lowest BCUT2D eigenvalue weighted by Crippen LogP contribution is -2.14. The summed E-state index contributed by atoms with van der Waals surface area (Å²) in [5.41, 5.74) is 4.93. The molecule has 5 nitrogen and oxygen atoms in total. The number of carbonyl (C=O) groups excluding carboxylic acids is 1. The largest absolute Gasteiger partial charge is 0.339 e. The van der Waals surface area contributed by atoms with E-state index in [-0.39, 0.29) is 11.6 Å². The van der Waals surface area contributed by atoms with E-state index in [4.69, 9.17) is 11.6 Å². The van der Waals surface area contributed by atoms with Crippen molar-refractivity contribution in [3.05, 3.63) is 76.2 Å². The van der Waals surface area contributed by atoms with E-state index in [1.165, 1.54) is 12.4 Å². The molecule has 1 heterocycles.